The zero-order chi connectivity index (χ0) is 39.1. The number of carbonyl (C=O) groups is 2. The fraction of sp³-hybridized carbons (Fsp3) is 0.857. The summed E-state index contributed by atoms with van der Waals surface area (Å²) >= 11 is 0. The quantitative estimate of drug-likeness (QED) is 0.0238. The van der Waals surface area contributed by atoms with E-state index in [0.717, 1.165) is 32.1 Å². The lowest BCUT2D eigenvalue weighted by Gasteiger charge is -2.20. The third-order valence-electron chi connectivity index (χ3n) is 9.12. The largest absolute Gasteiger partial charge is 0.472 e. The standard InChI is InChI=1S/C42H79O10P/c1-3-5-7-9-11-13-15-17-18-19-20-22-24-26-28-30-32-34-42(46)52-40(38-51-53(47,48)50-36-39(44)35-43)37-49-41(45)33-31-29-27-25-23-21-16-14-12-10-8-6-4-2/h22,24,28,30,39-40,43-44H,3-21,23,25-27,29,31-38H2,1-2H3,(H,47,48). The second kappa shape index (κ2) is 38.7. The van der Waals surface area contributed by atoms with E-state index in [-0.39, 0.29) is 19.4 Å². The summed E-state index contributed by atoms with van der Waals surface area (Å²) in [5.41, 5.74) is 0. The molecular weight excluding hydrogens is 695 g/mol. The van der Waals surface area contributed by atoms with Gasteiger partial charge >= 0.3 is 19.8 Å². The lowest BCUT2D eigenvalue weighted by atomic mass is 10.0. The number of esters is 2. The second-order valence-corrected chi connectivity index (χ2v) is 15.8. The number of allylic oxidation sites excluding steroid dienone is 4. The summed E-state index contributed by atoms with van der Waals surface area (Å²) in [6, 6.07) is 0. The number of phosphoric acid groups is 1. The Bertz CT molecular complexity index is 941. The first-order valence-corrected chi connectivity index (χ1v) is 22.8. The van der Waals surface area contributed by atoms with Crippen LogP contribution in [-0.4, -0.2) is 65.7 Å². The van der Waals surface area contributed by atoms with Crippen LogP contribution in [0.15, 0.2) is 24.3 Å². The van der Waals surface area contributed by atoms with Crippen molar-refractivity contribution in [1.29, 1.82) is 0 Å². The smallest absolute Gasteiger partial charge is 0.462 e. The molecule has 0 aliphatic carbocycles. The summed E-state index contributed by atoms with van der Waals surface area (Å²) in [5, 5.41) is 18.3. The van der Waals surface area contributed by atoms with E-state index in [2.05, 4.69) is 30.5 Å². The number of carbonyl (C=O) groups excluding carboxylic acids is 2. The van der Waals surface area contributed by atoms with E-state index >= 15 is 0 Å². The Labute approximate surface area is 323 Å². The molecule has 0 rings (SSSR count). The van der Waals surface area contributed by atoms with E-state index < -0.39 is 51.8 Å². The molecular formula is C42H79O10P. The molecule has 0 aromatic carbocycles. The van der Waals surface area contributed by atoms with Gasteiger partial charge in [0.25, 0.3) is 0 Å². The van der Waals surface area contributed by atoms with E-state index in [4.69, 9.17) is 19.1 Å². The Kier molecular flexibility index (Phi) is 37.6. The van der Waals surface area contributed by atoms with Gasteiger partial charge in [-0.15, -0.1) is 0 Å². The van der Waals surface area contributed by atoms with Crippen molar-refractivity contribution in [1.82, 2.24) is 0 Å². The summed E-state index contributed by atoms with van der Waals surface area (Å²) in [7, 11) is -4.62. The van der Waals surface area contributed by atoms with Crippen LogP contribution in [0.1, 0.15) is 194 Å². The van der Waals surface area contributed by atoms with E-state index in [0.29, 0.717) is 12.8 Å². The van der Waals surface area contributed by atoms with Gasteiger partial charge < -0.3 is 24.6 Å². The molecule has 0 heterocycles. The average Bonchev–Trinajstić information content (AvgIpc) is 3.14. The summed E-state index contributed by atoms with van der Waals surface area (Å²) in [6.07, 6.45) is 37.3. The van der Waals surface area contributed by atoms with Crippen LogP contribution in [0.4, 0.5) is 0 Å². The monoisotopic (exact) mass is 775 g/mol. The number of aliphatic hydroxyl groups excluding tert-OH is 2. The molecule has 3 unspecified atom stereocenters. The van der Waals surface area contributed by atoms with Crippen LogP contribution in [-0.2, 0) is 32.7 Å². The topological polar surface area (TPSA) is 149 Å². The molecule has 3 N–H and O–H groups in total. The van der Waals surface area contributed by atoms with Crippen LogP contribution in [0.25, 0.3) is 0 Å². The molecule has 0 radical (unpaired) electrons. The molecule has 0 aliphatic heterocycles. The maximum Gasteiger partial charge on any atom is 0.472 e. The number of hydrogen-bond acceptors (Lipinski definition) is 9. The van der Waals surface area contributed by atoms with E-state index in [9.17, 15) is 24.2 Å². The van der Waals surface area contributed by atoms with Gasteiger partial charge in [0.2, 0.25) is 0 Å². The van der Waals surface area contributed by atoms with Gasteiger partial charge in [-0.1, -0.05) is 173 Å². The van der Waals surface area contributed by atoms with Crippen molar-refractivity contribution < 1.29 is 47.8 Å². The first kappa shape index (κ1) is 51.5. The molecule has 0 spiro atoms. The Morgan fingerprint density at radius 3 is 1.53 bits per heavy atom. The summed E-state index contributed by atoms with van der Waals surface area (Å²) in [5.74, 6) is -0.996. The minimum Gasteiger partial charge on any atom is -0.462 e. The Morgan fingerprint density at radius 2 is 1.02 bits per heavy atom. The molecule has 11 heteroatoms. The van der Waals surface area contributed by atoms with Gasteiger partial charge in [-0.3, -0.25) is 18.6 Å². The van der Waals surface area contributed by atoms with Crippen LogP contribution in [0.3, 0.4) is 0 Å². The van der Waals surface area contributed by atoms with Gasteiger partial charge in [-0.05, 0) is 32.1 Å². The first-order valence-electron chi connectivity index (χ1n) is 21.3. The molecule has 312 valence electrons. The second-order valence-electron chi connectivity index (χ2n) is 14.4. The van der Waals surface area contributed by atoms with Crippen molar-refractivity contribution in [2.24, 2.45) is 0 Å². The van der Waals surface area contributed by atoms with E-state index in [1.165, 1.54) is 122 Å². The van der Waals surface area contributed by atoms with Crippen molar-refractivity contribution in [3.63, 3.8) is 0 Å². The normalized spacial score (nSPS) is 14.1. The van der Waals surface area contributed by atoms with E-state index in [1.54, 1.807) is 0 Å². The van der Waals surface area contributed by atoms with Crippen LogP contribution >= 0.6 is 7.82 Å². The van der Waals surface area contributed by atoms with Crippen molar-refractivity contribution in [3.05, 3.63) is 24.3 Å². The maximum absolute atomic E-state index is 12.6. The fourth-order valence-corrected chi connectivity index (χ4v) is 6.60. The van der Waals surface area contributed by atoms with Gasteiger partial charge in [0.15, 0.2) is 6.10 Å². The van der Waals surface area contributed by atoms with Gasteiger partial charge in [-0.2, -0.15) is 0 Å². The number of unbranched alkanes of at least 4 members (excludes halogenated alkanes) is 22. The molecule has 0 fully saturated rings. The van der Waals surface area contributed by atoms with Crippen molar-refractivity contribution >= 4 is 19.8 Å². The predicted octanol–water partition coefficient (Wildman–Crippen LogP) is 11.0. The zero-order valence-electron chi connectivity index (χ0n) is 33.7. The minimum absolute atomic E-state index is 0.0815. The fourth-order valence-electron chi connectivity index (χ4n) is 5.81. The number of rotatable bonds is 40. The van der Waals surface area contributed by atoms with Crippen LogP contribution in [0.2, 0.25) is 0 Å². The number of aliphatic hydroxyl groups is 2. The maximum atomic E-state index is 12.6. The predicted molar refractivity (Wildman–Crippen MR) is 215 cm³/mol. The zero-order valence-corrected chi connectivity index (χ0v) is 34.6. The molecule has 0 aromatic heterocycles. The SMILES string of the molecule is CCCCCCCCCCCCC=CCC=CCCC(=O)OC(COC(=O)CCCCCCCCCCCCCCC)COP(=O)(O)OCC(O)CO. The molecule has 0 bridgehead atoms. The Balaban J connectivity index is 4.37. The molecule has 10 nitrogen and oxygen atoms in total. The van der Waals surface area contributed by atoms with Gasteiger partial charge in [0.1, 0.15) is 12.7 Å². The first-order chi connectivity index (χ1) is 25.7. The van der Waals surface area contributed by atoms with Crippen molar-refractivity contribution in [2.75, 3.05) is 26.4 Å². The van der Waals surface area contributed by atoms with Crippen LogP contribution in [0.5, 0.6) is 0 Å². The number of hydrogen-bond donors (Lipinski definition) is 3. The number of ether oxygens (including phenoxy) is 2. The number of phosphoric ester groups is 1. The highest BCUT2D eigenvalue weighted by Gasteiger charge is 2.27. The third kappa shape index (κ3) is 38.5. The molecule has 0 amide bonds. The third-order valence-corrected chi connectivity index (χ3v) is 10.1. The molecule has 53 heavy (non-hydrogen) atoms. The van der Waals surface area contributed by atoms with Crippen molar-refractivity contribution in [2.45, 2.75) is 206 Å². The lowest BCUT2D eigenvalue weighted by Crippen LogP contribution is -2.29. The highest BCUT2D eigenvalue weighted by Crippen LogP contribution is 2.43. The summed E-state index contributed by atoms with van der Waals surface area (Å²) < 4.78 is 32.6. The molecule has 0 saturated heterocycles. The van der Waals surface area contributed by atoms with Gasteiger partial charge in [0, 0.05) is 12.8 Å². The van der Waals surface area contributed by atoms with Crippen LogP contribution < -0.4 is 0 Å². The van der Waals surface area contributed by atoms with Gasteiger partial charge in [-0.25, -0.2) is 4.57 Å². The average molecular weight is 775 g/mol. The minimum atomic E-state index is -4.62. The lowest BCUT2D eigenvalue weighted by molar-refractivity contribution is -0.161. The summed E-state index contributed by atoms with van der Waals surface area (Å²) in [6.45, 7) is 2.33. The van der Waals surface area contributed by atoms with Crippen molar-refractivity contribution in [3.8, 4) is 0 Å². The molecule has 0 saturated carbocycles. The van der Waals surface area contributed by atoms with E-state index in [1.807, 2.05) is 12.2 Å². The van der Waals surface area contributed by atoms with Gasteiger partial charge in [0.05, 0.1) is 19.8 Å². The molecule has 0 aliphatic rings. The summed E-state index contributed by atoms with van der Waals surface area (Å²) in [4.78, 5) is 34.9. The van der Waals surface area contributed by atoms with Crippen LogP contribution in [0, 0.1) is 0 Å². The highest BCUT2D eigenvalue weighted by molar-refractivity contribution is 7.47. The Hall–Kier alpha value is -1.55. The molecule has 3 atom stereocenters. The molecule has 0 aromatic rings. The Morgan fingerprint density at radius 1 is 0.566 bits per heavy atom. The highest BCUT2D eigenvalue weighted by atomic mass is 31.2.